The minimum atomic E-state index is -4.58. The van der Waals surface area contributed by atoms with Crippen LogP contribution in [-0.2, 0) is 11.0 Å². The second-order valence-corrected chi connectivity index (χ2v) is 7.69. The SMILES string of the molecule is CN=Cc1ccc(OC(CC(C)C)C(=O)NC(C)c2ccc(O)cc2)cc1C(F)(F)F. The van der Waals surface area contributed by atoms with E-state index in [1.165, 1.54) is 31.3 Å². The lowest BCUT2D eigenvalue weighted by Crippen LogP contribution is -2.40. The molecule has 0 radical (unpaired) electrons. The maximum atomic E-state index is 13.4. The quantitative estimate of drug-likeness (QED) is 0.564. The number of alkyl halides is 3. The van der Waals surface area contributed by atoms with Crippen LogP contribution in [0.4, 0.5) is 13.2 Å². The third-order valence-electron chi connectivity index (χ3n) is 4.61. The first-order chi connectivity index (χ1) is 14.5. The Bertz CT molecular complexity index is 909. The third kappa shape index (κ3) is 7.01. The van der Waals surface area contributed by atoms with E-state index in [0.29, 0.717) is 6.42 Å². The summed E-state index contributed by atoms with van der Waals surface area (Å²) >= 11 is 0. The van der Waals surface area contributed by atoms with Gasteiger partial charge in [-0.15, -0.1) is 0 Å². The zero-order valence-electron chi connectivity index (χ0n) is 17.9. The largest absolute Gasteiger partial charge is 0.508 e. The number of benzene rings is 2. The lowest BCUT2D eigenvalue weighted by molar-refractivity contribution is -0.137. The van der Waals surface area contributed by atoms with E-state index in [1.54, 1.807) is 19.1 Å². The number of carbonyl (C=O) groups is 1. The highest BCUT2D eigenvalue weighted by molar-refractivity contribution is 5.83. The van der Waals surface area contributed by atoms with Crippen LogP contribution in [0.1, 0.15) is 49.9 Å². The fraction of sp³-hybridized carbons (Fsp3) is 0.391. The summed E-state index contributed by atoms with van der Waals surface area (Å²) in [6.45, 7) is 5.57. The second kappa shape index (κ2) is 10.3. The summed E-state index contributed by atoms with van der Waals surface area (Å²) in [7, 11) is 1.39. The van der Waals surface area contributed by atoms with Crippen molar-refractivity contribution in [2.24, 2.45) is 10.9 Å². The Kier molecular flexibility index (Phi) is 8.08. The second-order valence-electron chi connectivity index (χ2n) is 7.69. The summed E-state index contributed by atoms with van der Waals surface area (Å²) in [4.78, 5) is 16.5. The van der Waals surface area contributed by atoms with Crippen molar-refractivity contribution in [2.75, 3.05) is 7.05 Å². The van der Waals surface area contributed by atoms with Crippen LogP contribution in [0, 0.1) is 5.92 Å². The van der Waals surface area contributed by atoms with Gasteiger partial charge in [-0.05, 0) is 55.2 Å². The first-order valence-corrected chi connectivity index (χ1v) is 9.90. The molecule has 31 heavy (non-hydrogen) atoms. The van der Waals surface area contributed by atoms with Gasteiger partial charge < -0.3 is 15.2 Å². The summed E-state index contributed by atoms with van der Waals surface area (Å²) in [6.07, 6.45) is -4.09. The molecule has 2 aromatic rings. The van der Waals surface area contributed by atoms with Gasteiger partial charge in [-0.2, -0.15) is 13.2 Å². The number of nitrogens with zero attached hydrogens (tertiary/aromatic N) is 1. The number of halogens is 3. The number of hydrogen-bond donors (Lipinski definition) is 2. The molecule has 0 saturated carbocycles. The van der Waals surface area contributed by atoms with Crippen molar-refractivity contribution in [3.63, 3.8) is 0 Å². The smallest absolute Gasteiger partial charge is 0.417 e. The van der Waals surface area contributed by atoms with E-state index in [1.807, 2.05) is 13.8 Å². The van der Waals surface area contributed by atoms with Gasteiger partial charge in [-0.3, -0.25) is 9.79 Å². The molecule has 0 aliphatic rings. The number of aliphatic imine (C=N–C) groups is 1. The van der Waals surface area contributed by atoms with Gasteiger partial charge in [0.05, 0.1) is 11.6 Å². The molecule has 5 nitrogen and oxygen atoms in total. The van der Waals surface area contributed by atoms with E-state index in [-0.39, 0.29) is 29.0 Å². The zero-order valence-corrected chi connectivity index (χ0v) is 17.9. The Labute approximate surface area is 180 Å². The minimum Gasteiger partial charge on any atom is -0.508 e. The number of carbonyl (C=O) groups excluding carboxylic acids is 1. The zero-order chi connectivity index (χ0) is 23.2. The van der Waals surface area contributed by atoms with Crippen LogP contribution in [0.2, 0.25) is 0 Å². The molecule has 0 fully saturated rings. The van der Waals surface area contributed by atoms with Crippen LogP contribution < -0.4 is 10.1 Å². The van der Waals surface area contributed by atoms with Crippen molar-refractivity contribution < 1.29 is 27.8 Å². The van der Waals surface area contributed by atoms with Crippen molar-refractivity contribution >= 4 is 12.1 Å². The molecule has 2 unspecified atom stereocenters. The maximum Gasteiger partial charge on any atom is 0.417 e. The van der Waals surface area contributed by atoms with E-state index < -0.39 is 23.8 Å². The van der Waals surface area contributed by atoms with Gasteiger partial charge in [0, 0.05) is 18.8 Å². The number of rotatable bonds is 8. The monoisotopic (exact) mass is 436 g/mol. The van der Waals surface area contributed by atoms with E-state index in [0.717, 1.165) is 17.8 Å². The highest BCUT2D eigenvalue weighted by Gasteiger charge is 2.34. The fourth-order valence-corrected chi connectivity index (χ4v) is 3.06. The number of phenols is 1. The highest BCUT2D eigenvalue weighted by Crippen LogP contribution is 2.34. The summed E-state index contributed by atoms with van der Waals surface area (Å²) in [5.41, 5.74) is -0.179. The maximum absolute atomic E-state index is 13.4. The molecule has 0 spiro atoms. The molecule has 0 saturated heterocycles. The summed E-state index contributed by atoms with van der Waals surface area (Å²) in [5, 5.41) is 12.2. The average Bonchev–Trinajstić information content (AvgIpc) is 2.68. The minimum absolute atomic E-state index is 0.0429. The van der Waals surface area contributed by atoms with Crippen molar-refractivity contribution in [1.82, 2.24) is 5.32 Å². The number of ether oxygens (including phenoxy) is 1. The van der Waals surface area contributed by atoms with Crippen LogP contribution in [0.15, 0.2) is 47.5 Å². The molecule has 0 aromatic heterocycles. The van der Waals surface area contributed by atoms with Gasteiger partial charge in [0.25, 0.3) is 5.91 Å². The highest BCUT2D eigenvalue weighted by atomic mass is 19.4. The first-order valence-electron chi connectivity index (χ1n) is 9.90. The number of nitrogens with one attached hydrogen (secondary N) is 1. The molecular formula is C23H27F3N2O3. The van der Waals surface area contributed by atoms with Crippen molar-refractivity contribution in [3.05, 3.63) is 59.2 Å². The lowest BCUT2D eigenvalue weighted by atomic mass is 10.0. The molecule has 2 atom stereocenters. The number of aromatic hydroxyl groups is 1. The molecule has 1 amide bonds. The van der Waals surface area contributed by atoms with Crippen molar-refractivity contribution in [1.29, 1.82) is 0 Å². The van der Waals surface area contributed by atoms with Crippen LogP contribution in [0.25, 0.3) is 0 Å². The van der Waals surface area contributed by atoms with E-state index >= 15 is 0 Å². The molecule has 0 heterocycles. The Morgan fingerprint density at radius 1 is 1.16 bits per heavy atom. The Hall–Kier alpha value is -3.03. The summed E-state index contributed by atoms with van der Waals surface area (Å²) in [6, 6.07) is 9.58. The Morgan fingerprint density at radius 3 is 2.35 bits per heavy atom. The molecular weight excluding hydrogens is 409 g/mol. The standard InChI is InChI=1S/C23H27F3N2O3/c1-14(2)11-21(22(30)28-15(3)16-5-8-18(29)9-6-16)31-19-10-7-17(13-27-4)20(12-19)23(24,25)26/h5-10,12-15,21,29H,11H2,1-4H3,(H,28,30). The molecule has 2 aromatic carbocycles. The summed E-state index contributed by atoms with van der Waals surface area (Å²) < 4.78 is 46.0. The van der Waals surface area contributed by atoms with Crippen LogP contribution in [0.3, 0.4) is 0 Å². The molecule has 168 valence electrons. The van der Waals surface area contributed by atoms with Gasteiger partial charge in [-0.1, -0.05) is 26.0 Å². The van der Waals surface area contributed by atoms with Gasteiger partial charge in [0.2, 0.25) is 0 Å². The normalized spacial score (nSPS) is 13.9. The van der Waals surface area contributed by atoms with E-state index in [2.05, 4.69) is 10.3 Å². The number of amides is 1. The molecule has 8 heteroatoms. The fourth-order valence-electron chi connectivity index (χ4n) is 3.06. The average molecular weight is 436 g/mol. The topological polar surface area (TPSA) is 70.9 Å². The van der Waals surface area contributed by atoms with E-state index in [4.69, 9.17) is 4.74 Å². The van der Waals surface area contributed by atoms with Crippen LogP contribution in [0.5, 0.6) is 11.5 Å². The Morgan fingerprint density at radius 2 is 1.81 bits per heavy atom. The number of hydrogen-bond acceptors (Lipinski definition) is 4. The molecule has 0 aliphatic carbocycles. The molecule has 0 bridgehead atoms. The van der Waals surface area contributed by atoms with Gasteiger partial charge in [-0.25, -0.2) is 0 Å². The van der Waals surface area contributed by atoms with Crippen molar-refractivity contribution in [2.45, 2.75) is 45.5 Å². The lowest BCUT2D eigenvalue weighted by Gasteiger charge is -2.23. The Balaban J connectivity index is 2.24. The first kappa shape index (κ1) is 24.2. The molecule has 2 rings (SSSR count). The summed E-state index contributed by atoms with van der Waals surface area (Å²) in [5.74, 6) is -0.283. The van der Waals surface area contributed by atoms with Crippen molar-refractivity contribution in [3.8, 4) is 11.5 Å². The molecule has 0 aliphatic heterocycles. The van der Waals surface area contributed by atoms with Crippen LogP contribution in [-0.4, -0.2) is 30.4 Å². The predicted molar refractivity (Wildman–Crippen MR) is 113 cm³/mol. The number of phenolic OH excluding ortho intramolecular Hbond substituents is 1. The van der Waals surface area contributed by atoms with Gasteiger partial charge in [0.1, 0.15) is 11.5 Å². The van der Waals surface area contributed by atoms with Crippen LogP contribution >= 0.6 is 0 Å². The van der Waals surface area contributed by atoms with Gasteiger partial charge in [0.15, 0.2) is 6.10 Å². The third-order valence-corrected chi connectivity index (χ3v) is 4.61. The van der Waals surface area contributed by atoms with Gasteiger partial charge >= 0.3 is 6.18 Å². The molecule has 2 N–H and O–H groups in total. The predicted octanol–water partition coefficient (Wildman–Crippen LogP) is 5.13. The van der Waals surface area contributed by atoms with E-state index in [9.17, 15) is 23.1 Å².